The molecule has 0 aliphatic heterocycles. The largest absolute Gasteiger partial charge is 0.398 e. The minimum Gasteiger partial charge on any atom is -0.398 e. The van der Waals surface area contributed by atoms with E-state index >= 15 is 0 Å². The molecule has 0 unspecified atom stereocenters. The monoisotopic (exact) mass is 590 g/mol. The van der Waals surface area contributed by atoms with Crippen LogP contribution in [-0.4, -0.2) is 44.1 Å². The molecule has 3 amide bonds. The first-order chi connectivity index (χ1) is 20.0. The molecule has 4 N–H and O–H groups in total. The molecule has 218 valence electrons. The Kier molecular flexibility index (Phi) is 9.21. The van der Waals surface area contributed by atoms with Crippen LogP contribution in [0.1, 0.15) is 29.8 Å². The molecule has 0 fully saturated rings. The van der Waals surface area contributed by atoms with E-state index in [-0.39, 0.29) is 22.6 Å². The number of halogens is 1. The molecule has 0 heterocycles. The summed E-state index contributed by atoms with van der Waals surface area (Å²) in [5.41, 5.74) is 6.34. The average Bonchev–Trinajstić information content (AvgIpc) is 2.96. The van der Waals surface area contributed by atoms with Gasteiger partial charge in [0.15, 0.2) is 0 Å². The lowest BCUT2D eigenvalue weighted by molar-refractivity contribution is -0.141. The van der Waals surface area contributed by atoms with Crippen LogP contribution in [0.2, 0.25) is 0 Å². The SMILES string of the molecule is CCN(CC)C(=O)[C@H](Cc1ccc(NC(=O)c2c(N)cccc2F)cc1)C(=O)NS(=O)(=O)c1ccc2ccccc2c1. The standard InChI is InChI=1S/C31H31FN4O5S/c1-3-36(4-2)31(39)25(29(37)35-42(40,41)24-17-14-21-8-5-6-9-22(21)19-24)18-20-12-15-23(16-13-20)34-30(38)28-26(32)10-7-11-27(28)33/h5-17,19,25H,3-4,18,33H2,1-2H3,(H,34,38)(H,35,37)/t25-/m1/s1. The number of fused-ring (bicyclic) bond motifs is 1. The number of sulfonamides is 1. The van der Waals surface area contributed by atoms with Gasteiger partial charge in [-0.15, -0.1) is 0 Å². The van der Waals surface area contributed by atoms with Gasteiger partial charge in [0.1, 0.15) is 11.7 Å². The van der Waals surface area contributed by atoms with Gasteiger partial charge in [0, 0.05) is 24.5 Å². The first-order valence-electron chi connectivity index (χ1n) is 13.3. The molecule has 42 heavy (non-hydrogen) atoms. The highest BCUT2D eigenvalue weighted by atomic mass is 32.2. The van der Waals surface area contributed by atoms with Gasteiger partial charge in [-0.2, -0.15) is 0 Å². The van der Waals surface area contributed by atoms with Crippen molar-refractivity contribution in [3.05, 3.63) is 102 Å². The number of amides is 3. The summed E-state index contributed by atoms with van der Waals surface area (Å²) in [6.07, 6.45) is -0.0944. The second kappa shape index (κ2) is 12.8. The predicted octanol–water partition coefficient (Wildman–Crippen LogP) is 4.35. The summed E-state index contributed by atoms with van der Waals surface area (Å²) in [5.74, 6) is -4.29. The fourth-order valence-electron chi connectivity index (χ4n) is 4.58. The summed E-state index contributed by atoms with van der Waals surface area (Å²) >= 11 is 0. The van der Waals surface area contributed by atoms with Crippen LogP contribution < -0.4 is 15.8 Å². The Morgan fingerprint density at radius 1 is 0.881 bits per heavy atom. The molecule has 4 rings (SSSR count). The molecular weight excluding hydrogens is 559 g/mol. The van der Waals surface area contributed by atoms with Crippen molar-refractivity contribution in [3.8, 4) is 0 Å². The van der Waals surface area contributed by atoms with Gasteiger partial charge in [0.25, 0.3) is 15.9 Å². The zero-order valence-electron chi connectivity index (χ0n) is 23.1. The molecule has 4 aromatic rings. The lowest BCUT2D eigenvalue weighted by Crippen LogP contribution is -2.46. The van der Waals surface area contributed by atoms with E-state index in [0.717, 1.165) is 11.5 Å². The van der Waals surface area contributed by atoms with Crippen molar-refractivity contribution in [1.82, 2.24) is 9.62 Å². The molecule has 0 aliphatic rings. The average molecular weight is 591 g/mol. The van der Waals surface area contributed by atoms with Crippen molar-refractivity contribution < 1.29 is 27.2 Å². The second-order valence-corrected chi connectivity index (χ2v) is 11.3. The van der Waals surface area contributed by atoms with Crippen LogP contribution in [0.3, 0.4) is 0 Å². The molecular formula is C31H31FN4O5S. The molecule has 0 radical (unpaired) electrons. The smallest absolute Gasteiger partial charge is 0.264 e. The number of nitrogen functional groups attached to an aromatic ring is 1. The van der Waals surface area contributed by atoms with Gasteiger partial charge >= 0.3 is 0 Å². The number of carbonyl (C=O) groups excluding carboxylic acids is 3. The maximum absolute atomic E-state index is 14.1. The molecule has 9 nitrogen and oxygen atoms in total. The van der Waals surface area contributed by atoms with E-state index in [0.29, 0.717) is 29.7 Å². The number of nitrogens with two attached hydrogens (primary N) is 1. The van der Waals surface area contributed by atoms with Crippen LogP contribution in [-0.2, 0) is 26.0 Å². The minimum absolute atomic E-state index is 0.00784. The van der Waals surface area contributed by atoms with Crippen molar-refractivity contribution in [2.45, 2.75) is 25.2 Å². The normalized spacial score (nSPS) is 12.0. The number of hydrogen-bond acceptors (Lipinski definition) is 6. The van der Waals surface area contributed by atoms with Gasteiger partial charge in [-0.05, 0) is 73.0 Å². The van der Waals surface area contributed by atoms with Crippen LogP contribution in [0, 0.1) is 11.7 Å². The number of rotatable bonds is 10. The van der Waals surface area contributed by atoms with E-state index < -0.39 is 39.5 Å². The van der Waals surface area contributed by atoms with Crippen molar-refractivity contribution in [2.24, 2.45) is 5.92 Å². The fraction of sp³-hybridized carbons (Fsp3) is 0.194. The molecule has 11 heteroatoms. The quantitative estimate of drug-likeness (QED) is 0.186. The van der Waals surface area contributed by atoms with Crippen LogP contribution in [0.5, 0.6) is 0 Å². The summed E-state index contributed by atoms with van der Waals surface area (Å²) in [5, 5.41) is 4.10. The van der Waals surface area contributed by atoms with Crippen LogP contribution in [0.15, 0.2) is 89.8 Å². The third kappa shape index (κ3) is 6.74. The van der Waals surface area contributed by atoms with E-state index in [9.17, 15) is 27.2 Å². The number of hydrogen-bond donors (Lipinski definition) is 3. The summed E-state index contributed by atoms with van der Waals surface area (Å²) in [7, 11) is -4.27. The van der Waals surface area contributed by atoms with Gasteiger partial charge in [0.2, 0.25) is 11.8 Å². The number of nitrogens with zero attached hydrogens (tertiary/aromatic N) is 1. The van der Waals surface area contributed by atoms with E-state index in [1.807, 2.05) is 12.1 Å². The second-order valence-electron chi connectivity index (χ2n) is 9.60. The number of carbonyl (C=O) groups is 3. The van der Waals surface area contributed by atoms with Crippen LogP contribution >= 0.6 is 0 Å². The maximum Gasteiger partial charge on any atom is 0.264 e. The number of anilines is 2. The topological polar surface area (TPSA) is 139 Å². The van der Waals surface area contributed by atoms with Crippen molar-refractivity contribution >= 4 is 49.9 Å². The lowest BCUT2D eigenvalue weighted by Gasteiger charge is -2.25. The summed E-state index contributed by atoms with van der Waals surface area (Å²) in [6, 6.07) is 21.9. The third-order valence-corrected chi connectivity index (χ3v) is 8.22. The van der Waals surface area contributed by atoms with E-state index in [2.05, 4.69) is 10.0 Å². The Bertz CT molecular complexity index is 1720. The van der Waals surface area contributed by atoms with Gasteiger partial charge in [-0.1, -0.05) is 48.5 Å². The van der Waals surface area contributed by atoms with Gasteiger partial charge < -0.3 is 16.0 Å². The molecule has 0 saturated carbocycles. The van der Waals surface area contributed by atoms with Gasteiger partial charge in [0.05, 0.1) is 10.5 Å². The third-order valence-electron chi connectivity index (χ3n) is 6.88. The van der Waals surface area contributed by atoms with Crippen molar-refractivity contribution in [3.63, 3.8) is 0 Å². The fourth-order valence-corrected chi connectivity index (χ4v) is 5.63. The molecule has 0 bridgehead atoms. The predicted molar refractivity (Wildman–Crippen MR) is 160 cm³/mol. The first kappa shape index (κ1) is 30.2. The van der Waals surface area contributed by atoms with E-state index in [1.165, 1.54) is 41.3 Å². The summed E-state index contributed by atoms with van der Waals surface area (Å²) in [6.45, 7) is 4.20. The number of nitrogens with one attached hydrogen (secondary N) is 2. The maximum atomic E-state index is 14.1. The van der Waals surface area contributed by atoms with Crippen LogP contribution in [0.25, 0.3) is 10.8 Å². The Labute approximate surface area is 243 Å². The Balaban J connectivity index is 1.54. The Morgan fingerprint density at radius 2 is 1.55 bits per heavy atom. The van der Waals surface area contributed by atoms with E-state index in [4.69, 9.17) is 5.73 Å². The highest BCUT2D eigenvalue weighted by Crippen LogP contribution is 2.22. The zero-order valence-corrected chi connectivity index (χ0v) is 24.0. The minimum atomic E-state index is -4.27. The lowest BCUT2D eigenvalue weighted by atomic mass is 9.97. The van der Waals surface area contributed by atoms with Crippen molar-refractivity contribution in [1.29, 1.82) is 0 Å². The highest BCUT2D eigenvalue weighted by Gasteiger charge is 2.33. The Morgan fingerprint density at radius 3 is 2.19 bits per heavy atom. The molecule has 0 saturated heterocycles. The number of benzene rings is 4. The van der Waals surface area contributed by atoms with Gasteiger partial charge in [-0.3, -0.25) is 14.4 Å². The summed E-state index contributed by atoms with van der Waals surface area (Å²) in [4.78, 5) is 40.6. The zero-order chi connectivity index (χ0) is 30.4. The molecule has 1 atom stereocenters. The van der Waals surface area contributed by atoms with Gasteiger partial charge in [-0.25, -0.2) is 17.5 Å². The molecule has 4 aromatic carbocycles. The summed E-state index contributed by atoms with van der Waals surface area (Å²) < 4.78 is 42.5. The van der Waals surface area contributed by atoms with Crippen LogP contribution in [0.4, 0.5) is 15.8 Å². The molecule has 0 aromatic heterocycles. The van der Waals surface area contributed by atoms with E-state index in [1.54, 1.807) is 44.2 Å². The Hall–Kier alpha value is -4.77. The first-order valence-corrected chi connectivity index (χ1v) is 14.8. The highest BCUT2D eigenvalue weighted by molar-refractivity contribution is 7.90. The molecule has 0 aliphatic carbocycles. The van der Waals surface area contributed by atoms with Crippen molar-refractivity contribution in [2.75, 3.05) is 24.1 Å². The molecule has 0 spiro atoms.